The Labute approximate surface area is 243 Å². The molecular formula is C31H29ClF2N2O4S. The number of carbonyl (C=O) groups excluding carboxylic acids is 1. The molecule has 0 unspecified atom stereocenters. The van der Waals surface area contributed by atoms with Crippen LogP contribution in [0.2, 0.25) is 5.02 Å². The minimum atomic E-state index is -4.33. The molecule has 4 rings (SSSR count). The predicted octanol–water partition coefficient (Wildman–Crippen LogP) is 6.86. The van der Waals surface area contributed by atoms with E-state index in [4.69, 9.17) is 16.3 Å². The maximum Gasteiger partial charge on any atom is 0.264 e. The Morgan fingerprint density at radius 3 is 2.34 bits per heavy atom. The Kier molecular flexibility index (Phi) is 9.62. The Balaban J connectivity index is 1.53. The van der Waals surface area contributed by atoms with Crippen molar-refractivity contribution in [1.82, 2.24) is 4.90 Å². The zero-order valence-electron chi connectivity index (χ0n) is 22.6. The van der Waals surface area contributed by atoms with E-state index in [1.165, 1.54) is 24.3 Å². The third-order valence-corrected chi connectivity index (χ3v) is 8.51. The molecule has 214 valence electrons. The highest BCUT2D eigenvalue weighted by atomic mass is 35.5. The highest BCUT2D eigenvalue weighted by Gasteiger charge is 2.29. The van der Waals surface area contributed by atoms with Gasteiger partial charge < -0.3 is 9.64 Å². The Bertz CT molecular complexity index is 1630. The number of aryl methyl sites for hydroxylation is 1. The predicted molar refractivity (Wildman–Crippen MR) is 156 cm³/mol. The van der Waals surface area contributed by atoms with E-state index in [1.807, 2.05) is 25.1 Å². The molecule has 1 amide bonds. The smallest absolute Gasteiger partial charge is 0.264 e. The quantitative estimate of drug-likeness (QED) is 0.177. The van der Waals surface area contributed by atoms with E-state index in [0.717, 1.165) is 28.1 Å². The number of anilines is 1. The first-order chi connectivity index (χ1) is 19.6. The number of hydrogen-bond acceptors (Lipinski definition) is 4. The molecule has 0 saturated heterocycles. The molecule has 0 atom stereocenters. The number of ether oxygens (including phenoxy) is 1. The minimum absolute atomic E-state index is 0.0938. The van der Waals surface area contributed by atoms with Crippen LogP contribution in [0.5, 0.6) is 5.75 Å². The van der Waals surface area contributed by atoms with E-state index in [2.05, 4.69) is 0 Å². The summed E-state index contributed by atoms with van der Waals surface area (Å²) in [5, 5.41) is 0.331. The second-order valence-electron chi connectivity index (χ2n) is 9.41. The average Bonchev–Trinajstić information content (AvgIpc) is 2.96. The van der Waals surface area contributed by atoms with E-state index in [9.17, 15) is 22.0 Å². The molecule has 0 heterocycles. The fourth-order valence-electron chi connectivity index (χ4n) is 4.24. The maximum atomic E-state index is 14.9. The molecule has 4 aromatic rings. The maximum absolute atomic E-state index is 14.9. The highest BCUT2D eigenvalue weighted by molar-refractivity contribution is 7.92. The molecule has 0 N–H and O–H groups in total. The number of sulfonamides is 1. The fraction of sp³-hybridized carbons (Fsp3) is 0.194. The Morgan fingerprint density at radius 1 is 0.927 bits per heavy atom. The largest absolute Gasteiger partial charge is 0.493 e. The van der Waals surface area contributed by atoms with Crippen molar-refractivity contribution in [2.75, 3.05) is 24.5 Å². The zero-order valence-corrected chi connectivity index (χ0v) is 24.1. The van der Waals surface area contributed by atoms with Gasteiger partial charge in [0.05, 0.1) is 23.7 Å². The lowest BCUT2D eigenvalue weighted by Gasteiger charge is -2.26. The number of amides is 1. The second kappa shape index (κ2) is 13.1. The van der Waals surface area contributed by atoms with Crippen molar-refractivity contribution in [3.63, 3.8) is 0 Å². The number of nitrogens with zero attached hydrogens (tertiary/aromatic N) is 2. The van der Waals surface area contributed by atoms with Crippen LogP contribution in [0.15, 0.2) is 95.9 Å². The normalized spacial score (nSPS) is 11.2. The number of benzene rings is 4. The lowest BCUT2D eigenvalue weighted by Crippen LogP contribution is -2.31. The molecule has 0 aliphatic heterocycles. The lowest BCUT2D eigenvalue weighted by molar-refractivity contribution is 0.0787. The monoisotopic (exact) mass is 598 g/mol. The van der Waals surface area contributed by atoms with E-state index < -0.39 is 27.3 Å². The lowest BCUT2D eigenvalue weighted by atomic mass is 10.1. The van der Waals surface area contributed by atoms with Crippen LogP contribution in [0.4, 0.5) is 14.5 Å². The molecule has 10 heteroatoms. The number of halogens is 3. The Morgan fingerprint density at radius 2 is 1.61 bits per heavy atom. The van der Waals surface area contributed by atoms with Gasteiger partial charge in [0.1, 0.15) is 17.4 Å². The van der Waals surface area contributed by atoms with E-state index in [0.29, 0.717) is 34.9 Å². The summed E-state index contributed by atoms with van der Waals surface area (Å²) in [6.07, 6.45) is 0.508. The topological polar surface area (TPSA) is 66.9 Å². The summed E-state index contributed by atoms with van der Waals surface area (Å²) >= 11 is 5.93. The summed E-state index contributed by atoms with van der Waals surface area (Å²) in [5.41, 5.74) is 1.53. The summed E-state index contributed by atoms with van der Waals surface area (Å²) in [4.78, 5) is 14.3. The molecule has 6 nitrogen and oxygen atoms in total. The fourth-order valence-corrected chi connectivity index (χ4v) is 5.81. The molecule has 4 aromatic carbocycles. The van der Waals surface area contributed by atoms with Crippen LogP contribution in [0.1, 0.15) is 27.9 Å². The van der Waals surface area contributed by atoms with Crippen molar-refractivity contribution in [3.8, 4) is 5.75 Å². The summed E-state index contributed by atoms with van der Waals surface area (Å²) < 4.78 is 63.2. The van der Waals surface area contributed by atoms with Gasteiger partial charge >= 0.3 is 0 Å². The molecule has 0 radical (unpaired) electrons. The van der Waals surface area contributed by atoms with Crippen molar-refractivity contribution >= 4 is 33.2 Å². The van der Waals surface area contributed by atoms with Gasteiger partial charge in [-0.2, -0.15) is 0 Å². The summed E-state index contributed by atoms with van der Waals surface area (Å²) in [6.45, 7) is 2.22. The summed E-state index contributed by atoms with van der Waals surface area (Å²) in [6, 6.07) is 22.2. The number of para-hydroxylation sites is 1. The third kappa shape index (κ3) is 7.23. The first kappa shape index (κ1) is 30.0. The van der Waals surface area contributed by atoms with Crippen molar-refractivity contribution in [2.45, 2.75) is 24.8 Å². The van der Waals surface area contributed by atoms with Crippen LogP contribution in [0, 0.1) is 18.6 Å². The first-order valence-electron chi connectivity index (χ1n) is 12.8. The van der Waals surface area contributed by atoms with Crippen LogP contribution in [-0.2, 0) is 16.6 Å². The van der Waals surface area contributed by atoms with Gasteiger partial charge in [-0.1, -0.05) is 48.0 Å². The molecule has 0 aliphatic carbocycles. The Hall–Kier alpha value is -3.95. The van der Waals surface area contributed by atoms with E-state index in [-0.39, 0.29) is 24.0 Å². The van der Waals surface area contributed by atoms with E-state index in [1.54, 1.807) is 42.3 Å². The molecule has 0 spiro atoms. The van der Waals surface area contributed by atoms with Gasteiger partial charge in [-0.15, -0.1) is 0 Å². The van der Waals surface area contributed by atoms with Gasteiger partial charge in [0.15, 0.2) is 0 Å². The molecule has 41 heavy (non-hydrogen) atoms. The van der Waals surface area contributed by atoms with Gasteiger partial charge in [0, 0.05) is 35.8 Å². The first-order valence-corrected chi connectivity index (χ1v) is 14.6. The van der Waals surface area contributed by atoms with Crippen molar-refractivity contribution in [1.29, 1.82) is 0 Å². The number of carbonyl (C=O) groups is 1. The number of rotatable bonds is 11. The summed E-state index contributed by atoms with van der Waals surface area (Å²) in [7, 11) is -2.61. The molecule has 0 bridgehead atoms. The average molecular weight is 599 g/mol. The van der Waals surface area contributed by atoms with Gasteiger partial charge in [-0.25, -0.2) is 17.2 Å². The minimum Gasteiger partial charge on any atom is -0.493 e. The molecule has 0 fully saturated rings. The zero-order chi connectivity index (χ0) is 29.6. The van der Waals surface area contributed by atoms with Gasteiger partial charge in [-0.3, -0.25) is 9.10 Å². The van der Waals surface area contributed by atoms with E-state index >= 15 is 0 Å². The molecular weight excluding hydrogens is 570 g/mol. The molecule has 0 saturated carbocycles. The van der Waals surface area contributed by atoms with Crippen molar-refractivity contribution in [3.05, 3.63) is 124 Å². The van der Waals surface area contributed by atoms with Crippen molar-refractivity contribution < 1.29 is 26.7 Å². The number of hydrogen-bond donors (Lipinski definition) is 0. The SMILES string of the molecule is Cc1ccccc1C(=O)N(C)CCCOc1ccccc1CN(c1cc(F)ccc1F)S(=O)(=O)c1ccc(Cl)cc1. The van der Waals surface area contributed by atoms with Crippen LogP contribution in [0.3, 0.4) is 0 Å². The summed E-state index contributed by atoms with van der Waals surface area (Å²) in [5.74, 6) is -1.40. The van der Waals surface area contributed by atoms with Crippen LogP contribution >= 0.6 is 11.6 Å². The third-order valence-electron chi connectivity index (χ3n) is 6.48. The van der Waals surface area contributed by atoms with Crippen LogP contribution in [0.25, 0.3) is 0 Å². The standard InChI is InChI=1S/C31H29ClF2N2O4S/c1-22-8-3-5-10-27(22)31(37)35(2)18-7-19-40-30-11-6-4-9-23(30)21-36(29-20-25(33)14-17-28(29)34)41(38,39)26-15-12-24(32)13-16-26/h3-6,8-17,20H,7,18-19,21H2,1-2H3. The highest BCUT2D eigenvalue weighted by Crippen LogP contribution is 2.32. The van der Waals surface area contributed by atoms with Gasteiger partial charge in [0.25, 0.3) is 15.9 Å². The second-order valence-corrected chi connectivity index (χ2v) is 11.7. The van der Waals surface area contributed by atoms with Gasteiger partial charge in [0.2, 0.25) is 0 Å². The van der Waals surface area contributed by atoms with Crippen LogP contribution in [-0.4, -0.2) is 39.4 Å². The molecule has 0 aliphatic rings. The van der Waals surface area contributed by atoms with Gasteiger partial charge in [-0.05, 0) is 67.4 Å². The molecule has 0 aromatic heterocycles. The van der Waals surface area contributed by atoms with Crippen LogP contribution < -0.4 is 9.04 Å². The van der Waals surface area contributed by atoms with Crippen molar-refractivity contribution in [2.24, 2.45) is 0 Å².